The molecule has 0 bridgehead atoms. The average molecular weight is 177 g/mol. The zero-order chi connectivity index (χ0) is 8.81. The molecule has 0 spiro atoms. The van der Waals surface area contributed by atoms with Gasteiger partial charge < -0.3 is 0 Å². The molecule has 1 rings (SSSR count). The first-order chi connectivity index (χ1) is 5.84. The molecule has 2 heteroatoms. The minimum absolute atomic E-state index is 0.199. The van der Waals surface area contributed by atoms with E-state index in [1.54, 1.807) is 6.21 Å². The van der Waals surface area contributed by atoms with Crippen LogP contribution < -0.4 is 0 Å². The molecule has 0 radical (unpaired) electrons. The van der Waals surface area contributed by atoms with Crippen LogP contribution in [0.4, 0.5) is 0 Å². The highest BCUT2D eigenvalue weighted by atomic mass is 32.1. The third kappa shape index (κ3) is 2.55. The smallest absolute Gasteiger partial charge is 0.0721 e. The van der Waals surface area contributed by atoms with Gasteiger partial charge in [-0.25, -0.2) is 0 Å². The summed E-state index contributed by atoms with van der Waals surface area (Å²) in [6.07, 6.45) is 1.66. The van der Waals surface area contributed by atoms with Crippen LogP contribution in [0.5, 0.6) is 0 Å². The largest absolute Gasteiger partial charge is 0.285 e. The third-order valence-electron chi connectivity index (χ3n) is 1.65. The number of thiocarbonyl (C=S) groups is 1. The van der Waals surface area contributed by atoms with Gasteiger partial charge >= 0.3 is 0 Å². The highest BCUT2D eigenvalue weighted by Gasteiger charge is 1.98. The minimum atomic E-state index is 0.199. The van der Waals surface area contributed by atoms with E-state index in [-0.39, 0.29) is 6.04 Å². The van der Waals surface area contributed by atoms with E-state index in [0.717, 1.165) is 0 Å². The lowest BCUT2D eigenvalue weighted by Gasteiger charge is -2.04. The van der Waals surface area contributed by atoms with E-state index in [0.29, 0.717) is 0 Å². The van der Waals surface area contributed by atoms with Gasteiger partial charge in [0, 0.05) is 11.6 Å². The molecule has 1 nitrogen and oxygen atoms in total. The molecule has 0 aliphatic heterocycles. The second kappa shape index (κ2) is 4.78. The van der Waals surface area contributed by atoms with Gasteiger partial charge in [-0.2, -0.15) is 0 Å². The van der Waals surface area contributed by atoms with Crippen molar-refractivity contribution in [2.75, 3.05) is 0 Å². The molecule has 0 saturated carbocycles. The van der Waals surface area contributed by atoms with Crippen molar-refractivity contribution in [2.45, 2.75) is 13.0 Å². The van der Waals surface area contributed by atoms with Crippen molar-refractivity contribution < 1.29 is 0 Å². The predicted octanol–water partition coefficient (Wildman–Crippen LogP) is 2.82. The van der Waals surface area contributed by atoms with Crippen molar-refractivity contribution in [3.8, 4) is 0 Å². The van der Waals surface area contributed by atoms with Gasteiger partial charge in [0.2, 0.25) is 0 Å². The summed E-state index contributed by atoms with van der Waals surface area (Å²) in [5.41, 5.74) is 1.21. The standard InChI is InChI=1S/C10H11NS/c1-9(11-7-8-12)10-5-3-2-4-6-10/h2-9H,1H3. The fourth-order valence-electron chi connectivity index (χ4n) is 0.982. The number of hydrogen-bond donors (Lipinski definition) is 0. The van der Waals surface area contributed by atoms with Crippen LogP contribution in [0.3, 0.4) is 0 Å². The molecule has 1 aromatic rings. The third-order valence-corrected chi connectivity index (χ3v) is 1.77. The quantitative estimate of drug-likeness (QED) is 0.511. The van der Waals surface area contributed by atoms with E-state index in [1.165, 1.54) is 10.9 Å². The lowest BCUT2D eigenvalue weighted by Crippen LogP contribution is -1.89. The van der Waals surface area contributed by atoms with Gasteiger partial charge in [0.05, 0.1) is 6.04 Å². The van der Waals surface area contributed by atoms with Crippen LogP contribution in [0, 0.1) is 0 Å². The van der Waals surface area contributed by atoms with Gasteiger partial charge in [-0.05, 0) is 12.5 Å². The Morgan fingerprint density at radius 3 is 2.58 bits per heavy atom. The fourth-order valence-corrected chi connectivity index (χ4v) is 1.05. The van der Waals surface area contributed by atoms with Crippen molar-refractivity contribution in [3.05, 3.63) is 35.9 Å². The first kappa shape index (κ1) is 9.07. The molecule has 12 heavy (non-hydrogen) atoms. The summed E-state index contributed by atoms with van der Waals surface area (Å²) in [5, 5.41) is 1.53. The van der Waals surface area contributed by atoms with Crippen molar-refractivity contribution in [3.63, 3.8) is 0 Å². The Bertz CT molecular complexity index is 266. The van der Waals surface area contributed by atoms with Gasteiger partial charge in [-0.1, -0.05) is 42.5 Å². The molecular weight excluding hydrogens is 166 g/mol. The van der Waals surface area contributed by atoms with Crippen molar-refractivity contribution >= 4 is 23.8 Å². The summed E-state index contributed by atoms with van der Waals surface area (Å²) in [7, 11) is 0. The van der Waals surface area contributed by atoms with E-state index in [1.807, 2.05) is 25.1 Å². The van der Waals surface area contributed by atoms with E-state index in [4.69, 9.17) is 0 Å². The summed E-state index contributed by atoms with van der Waals surface area (Å²) in [5.74, 6) is 0. The highest BCUT2D eigenvalue weighted by molar-refractivity contribution is 7.80. The van der Waals surface area contributed by atoms with Gasteiger partial charge in [0.15, 0.2) is 0 Å². The maximum absolute atomic E-state index is 4.65. The molecule has 0 saturated heterocycles. The van der Waals surface area contributed by atoms with Gasteiger partial charge in [-0.15, -0.1) is 0 Å². The SMILES string of the molecule is CC(N=CC=S)c1ccccc1. The summed E-state index contributed by atoms with van der Waals surface area (Å²) < 4.78 is 0. The Morgan fingerprint density at radius 1 is 1.33 bits per heavy atom. The van der Waals surface area contributed by atoms with Crippen molar-refractivity contribution in [1.29, 1.82) is 0 Å². The van der Waals surface area contributed by atoms with E-state index < -0.39 is 0 Å². The molecule has 0 amide bonds. The number of hydrogen-bond acceptors (Lipinski definition) is 2. The highest BCUT2D eigenvalue weighted by Crippen LogP contribution is 2.14. The Labute approximate surface area is 78.1 Å². The van der Waals surface area contributed by atoms with Crippen molar-refractivity contribution in [1.82, 2.24) is 0 Å². The number of aliphatic imine (C=N–C) groups is 1. The van der Waals surface area contributed by atoms with Crippen LogP contribution >= 0.6 is 12.2 Å². The van der Waals surface area contributed by atoms with Crippen LogP contribution in [-0.2, 0) is 0 Å². The van der Waals surface area contributed by atoms with Gasteiger partial charge in [0.25, 0.3) is 0 Å². The molecule has 0 fully saturated rings. The maximum Gasteiger partial charge on any atom is 0.0721 e. The molecule has 1 atom stereocenters. The Hall–Kier alpha value is -1.02. The van der Waals surface area contributed by atoms with E-state index in [2.05, 4.69) is 29.3 Å². The van der Waals surface area contributed by atoms with Gasteiger partial charge in [-0.3, -0.25) is 4.99 Å². The number of benzene rings is 1. The van der Waals surface area contributed by atoms with Crippen LogP contribution in [0.15, 0.2) is 35.3 Å². The first-order valence-corrected chi connectivity index (χ1v) is 4.33. The molecule has 1 aromatic carbocycles. The Kier molecular flexibility index (Phi) is 3.61. The van der Waals surface area contributed by atoms with Crippen molar-refractivity contribution in [2.24, 2.45) is 4.99 Å². The molecule has 1 unspecified atom stereocenters. The maximum atomic E-state index is 4.65. The summed E-state index contributed by atoms with van der Waals surface area (Å²) >= 11 is 4.65. The predicted molar refractivity (Wildman–Crippen MR) is 57.0 cm³/mol. The van der Waals surface area contributed by atoms with Crippen LogP contribution in [0.25, 0.3) is 0 Å². The molecular formula is C10H11NS. The first-order valence-electron chi connectivity index (χ1n) is 3.86. The summed E-state index contributed by atoms with van der Waals surface area (Å²) in [6.45, 7) is 2.05. The lowest BCUT2D eigenvalue weighted by molar-refractivity contribution is 0.827. The zero-order valence-electron chi connectivity index (χ0n) is 6.97. The zero-order valence-corrected chi connectivity index (χ0v) is 7.79. The van der Waals surface area contributed by atoms with Gasteiger partial charge in [0.1, 0.15) is 0 Å². The molecule has 0 N–H and O–H groups in total. The van der Waals surface area contributed by atoms with E-state index in [9.17, 15) is 0 Å². The van der Waals surface area contributed by atoms with Crippen LogP contribution in [-0.4, -0.2) is 11.6 Å². The van der Waals surface area contributed by atoms with E-state index >= 15 is 0 Å². The minimum Gasteiger partial charge on any atom is -0.285 e. The average Bonchev–Trinajstić information content (AvgIpc) is 2.15. The normalized spacial score (nSPS) is 13.1. The number of rotatable bonds is 3. The molecule has 0 heterocycles. The monoisotopic (exact) mass is 177 g/mol. The fraction of sp³-hybridized carbons (Fsp3) is 0.200. The Morgan fingerprint density at radius 2 is 2.00 bits per heavy atom. The molecule has 0 aromatic heterocycles. The molecule has 0 aliphatic rings. The second-order valence-electron chi connectivity index (χ2n) is 2.52. The topological polar surface area (TPSA) is 12.4 Å². The molecule has 62 valence electrons. The second-order valence-corrected chi connectivity index (χ2v) is 2.79. The number of nitrogens with zero attached hydrogens (tertiary/aromatic N) is 1. The van der Waals surface area contributed by atoms with Crippen LogP contribution in [0.2, 0.25) is 0 Å². The molecule has 0 aliphatic carbocycles. The summed E-state index contributed by atoms with van der Waals surface area (Å²) in [4.78, 5) is 4.23. The lowest BCUT2D eigenvalue weighted by atomic mass is 10.1. The Balaban J connectivity index is 2.71. The van der Waals surface area contributed by atoms with Crippen LogP contribution in [0.1, 0.15) is 18.5 Å². The summed E-state index contributed by atoms with van der Waals surface area (Å²) in [6, 6.07) is 10.3.